The van der Waals surface area contributed by atoms with E-state index in [0.29, 0.717) is 0 Å². The van der Waals surface area contributed by atoms with Gasteiger partial charge in [0, 0.05) is 24.0 Å². The van der Waals surface area contributed by atoms with Crippen LogP contribution in [0.4, 0.5) is 11.5 Å². The maximum absolute atomic E-state index is 9.39. The second-order valence-corrected chi connectivity index (χ2v) is 4.22. The zero-order chi connectivity index (χ0) is 13.0. The summed E-state index contributed by atoms with van der Waals surface area (Å²) in [6.45, 7) is 4.97. The van der Waals surface area contributed by atoms with Crippen LogP contribution >= 0.6 is 0 Å². The number of hydrogen-bond donors (Lipinski definition) is 1. The summed E-state index contributed by atoms with van der Waals surface area (Å²) >= 11 is 0. The summed E-state index contributed by atoms with van der Waals surface area (Å²) in [6, 6.07) is 12.1. The van der Waals surface area contributed by atoms with Gasteiger partial charge in [-0.3, -0.25) is 0 Å². The third kappa shape index (κ3) is 2.51. The molecular weight excluding hydrogens is 224 g/mol. The van der Waals surface area contributed by atoms with Crippen molar-refractivity contribution in [2.45, 2.75) is 20.5 Å². The van der Waals surface area contributed by atoms with Crippen LogP contribution in [-0.4, -0.2) is 16.6 Å². The van der Waals surface area contributed by atoms with Gasteiger partial charge in [0.2, 0.25) is 0 Å². The van der Waals surface area contributed by atoms with Gasteiger partial charge in [-0.15, -0.1) is 0 Å². The van der Waals surface area contributed by atoms with E-state index in [1.807, 2.05) is 12.1 Å². The van der Waals surface area contributed by atoms with Gasteiger partial charge in [-0.2, -0.15) is 0 Å². The lowest BCUT2D eigenvalue weighted by Crippen LogP contribution is -2.19. The molecule has 0 amide bonds. The lowest BCUT2D eigenvalue weighted by molar-refractivity contribution is 0.282. The molecule has 1 aromatic carbocycles. The summed E-state index contributed by atoms with van der Waals surface area (Å²) < 4.78 is 0. The van der Waals surface area contributed by atoms with Crippen LogP contribution in [0.15, 0.2) is 42.6 Å². The van der Waals surface area contributed by atoms with Gasteiger partial charge in [-0.25, -0.2) is 4.98 Å². The Balaban J connectivity index is 2.41. The molecule has 1 aromatic heterocycles. The molecule has 0 unspecified atom stereocenters. The van der Waals surface area contributed by atoms with Crippen LogP contribution in [0.5, 0.6) is 0 Å². The third-order valence-electron chi connectivity index (χ3n) is 2.96. The van der Waals surface area contributed by atoms with E-state index in [-0.39, 0.29) is 6.61 Å². The van der Waals surface area contributed by atoms with E-state index in [9.17, 15) is 5.11 Å². The molecule has 0 spiro atoms. The number of anilines is 2. The molecule has 0 aliphatic rings. The quantitative estimate of drug-likeness (QED) is 0.895. The van der Waals surface area contributed by atoms with E-state index in [2.05, 4.69) is 48.0 Å². The number of aliphatic hydroxyl groups is 1. The molecule has 0 fully saturated rings. The highest BCUT2D eigenvalue weighted by atomic mass is 16.3. The molecule has 0 aliphatic heterocycles. The Labute approximate surface area is 108 Å². The van der Waals surface area contributed by atoms with Crippen LogP contribution in [0.1, 0.15) is 18.1 Å². The average Bonchev–Trinajstić information content (AvgIpc) is 2.42. The third-order valence-corrected chi connectivity index (χ3v) is 2.96. The Morgan fingerprint density at radius 3 is 2.50 bits per heavy atom. The van der Waals surface area contributed by atoms with Crippen molar-refractivity contribution in [2.75, 3.05) is 11.4 Å². The van der Waals surface area contributed by atoms with Gasteiger partial charge in [0.1, 0.15) is 5.82 Å². The van der Waals surface area contributed by atoms with Gasteiger partial charge < -0.3 is 10.0 Å². The first-order valence-electron chi connectivity index (χ1n) is 6.15. The van der Waals surface area contributed by atoms with Crippen LogP contribution in [0.3, 0.4) is 0 Å². The minimum atomic E-state index is 0.00549. The van der Waals surface area contributed by atoms with E-state index in [0.717, 1.165) is 23.6 Å². The Kier molecular flexibility index (Phi) is 3.95. The maximum Gasteiger partial charge on any atom is 0.138 e. The molecule has 0 saturated heterocycles. The zero-order valence-electron chi connectivity index (χ0n) is 10.8. The molecule has 18 heavy (non-hydrogen) atoms. The number of benzene rings is 1. The van der Waals surface area contributed by atoms with E-state index >= 15 is 0 Å². The summed E-state index contributed by atoms with van der Waals surface area (Å²) in [4.78, 5) is 6.49. The smallest absolute Gasteiger partial charge is 0.138 e. The first-order chi connectivity index (χ1) is 8.76. The van der Waals surface area contributed by atoms with Gasteiger partial charge >= 0.3 is 0 Å². The highest BCUT2D eigenvalue weighted by Crippen LogP contribution is 2.26. The molecule has 1 N–H and O–H groups in total. The fourth-order valence-corrected chi connectivity index (χ4v) is 1.98. The standard InChI is InChI=1S/C15H18N2O/c1-3-17(14-8-6-12(2)7-9-14)15-13(11-18)5-4-10-16-15/h4-10,18H,3,11H2,1-2H3. The summed E-state index contributed by atoms with van der Waals surface area (Å²) in [5, 5.41) is 9.39. The molecule has 0 bridgehead atoms. The van der Waals surface area contributed by atoms with Crippen LogP contribution in [0, 0.1) is 6.92 Å². The Hall–Kier alpha value is -1.87. The van der Waals surface area contributed by atoms with E-state index in [1.54, 1.807) is 6.20 Å². The van der Waals surface area contributed by atoms with Crippen LogP contribution in [0.25, 0.3) is 0 Å². The van der Waals surface area contributed by atoms with E-state index in [1.165, 1.54) is 5.56 Å². The second kappa shape index (κ2) is 5.65. The largest absolute Gasteiger partial charge is 0.392 e. The molecule has 0 atom stereocenters. The highest BCUT2D eigenvalue weighted by Gasteiger charge is 2.12. The predicted molar refractivity (Wildman–Crippen MR) is 74.0 cm³/mol. The van der Waals surface area contributed by atoms with E-state index in [4.69, 9.17) is 0 Å². The molecular formula is C15H18N2O. The number of pyridine rings is 1. The van der Waals surface area contributed by atoms with Crippen molar-refractivity contribution in [3.63, 3.8) is 0 Å². The number of rotatable bonds is 4. The SMILES string of the molecule is CCN(c1ccc(C)cc1)c1ncccc1CO. The van der Waals surface area contributed by atoms with Crippen LogP contribution in [0.2, 0.25) is 0 Å². The molecule has 3 heteroatoms. The Morgan fingerprint density at radius 1 is 1.17 bits per heavy atom. The van der Waals surface area contributed by atoms with Gasteiger partial charge in [0.25, 0.3) is 0 Å². The first kappa shape index (κ1) is 12.6. The van der Waals surface area contributed by atoms with Gasteiger partial charge in [0.05, 0.1) is 6.61 Å². The number of aliphatic hydroxyl groups excluding tert-OH is 1. The summed E-state index contributed by atoms with van der Waals surface area (Å²) in [7, 11) is 0. The van der Waals surface area contributed by atoms with E-state index < -0.39 is 0 Å². The van der Waals surface area contributed by atoms with Crippen molar-refractivity contribution in [2.24, 2.45) is 0 Å². The first-order valence-corrected chi connectivity index (χ1v) is 6.15. The monoisotopic (exact) mass is 242 g/mol. The van der Waals surface area contributed by atoms with Crippen molar-refractivity contribution in [1.29, 1.82) is 0 Å². The Bertz CT molecular complexity index is 508. The lowest BCUT2D eigenvalue weighted by atomic mass is 10.2. The number of hydrogen-bond acceptors (Lipinski definition) is 3. The van der Waals surface area contributed by atoms with Crippen molar-refractivity contribution >= 4 is 11.5 Å². The lowest BCUT2D eigenvalue weighted by Gasteiger charge is -2.24. The molecule has 0 saturated carbocycles. The number of nitrogens with zero attached hydrogens (tertiary/aromatic N) is 2. The second-order valence-electron chi connectivity index (χ2n) is 4.22. The molecule has 94 valence electrons. The normalized spacial score (nSPS) is 10.4. The molecule has 1 heterocycles. The summed E-state index contributed by atoms with van der Waals surface area (Å²) in [5.41, 5.74) is 3.18. The minimum Gasteiger partial charge on any atom is -0.392 e. The Morgan fingerprint density at radius 2 is 1.89 bits per heavy atom. The van der Waals surface area contributed by atoms with Crippen LogP contribution < -0.4 is 4.90 Å². The fraction of sp³-hybridized carbons (Fsp3) is 0.267. The molecule has 2 aromatic rings. The van der Waals surface area contributed by atoms with Crippen molar-refractivity contribution < 1.29 is 5.11 Å². The van der Waals surface area contributed by atoms with Gasteiger partial charge in [0.15, 0.2) is 0 Å². The molecule has 0 radical (unpaired) electrons. The van der Waals surface area contributed by atoms with Crippen LogP contribution in [-0.2, 0) is 6.61 Å². The summed E-state index contributed by atoms with van der Waals surface area (Å²) in [6.07, 6.45) is 1.76. The highest BCUT2D eigenvalue weighted by molar-refractivity contribution is 5.62. The van der Waals surface area contributed by atoms with Crippen molar-refractivity contribution in [1.82, 2.24) is 4.98 Å². The number of aromatic nitrogens is 1. The molecule has 0 aliphatic carbocycles. The topological polar surface area (TPSA) is 36.4 Å². The average molecular weight is 242 g/mol. The zero-order valence-corrected chi connectivity index (χ0v) is 10.8. The minimum absolute atomic E-state index is 0.00549. The summed E-state index contributed by atoms with van der Waals surface area (Å²) in [5.74, 6) is 0.825. The fourth-order valence-electron chi connectivity index (χ4n) is 1.98. The predicted octanol–water partition coefficient (Wildman–Crippen LogP) is 3.04. The van der Waals surface area contributed by atoms with Crippen molar-refractivity contribution in [3.8, 4) is 0 Å². The number of aryl methyl sites for hydroxylation is 1. The molecule has 2 rings (SSSR count). The van der Waals surface area contributed by atoms with Gasteiger partial charge in [-0.05, 0) is 32.0 Å². The van der Waals surface area contributed by atoms with Crippen molar-refractivity contribution in [3.05, 3.63) is 53.7 Å². The maximum atomic E-state index is 9.39. The molecule has 3 nitrogen and oxygen atoms in total. The van der Waals surface area contributed by atoms with Gasteiger partial charge in [-0.1, -0.05) is 23.8 Å².